The average molecular weight is 382 g/mol. The Kier molecular flexibility index (Phi) is 5.53. The Morgan fingerprint density at radius 3 is 2.41 bits per heavy atom. The molecule has 2 aromatic rings. The lowest BCUT2D eigenvalue weighted by atomic mass is 9.87. The highest BCUT2D eigenvalue weighted by Gasteiger charge is 2.35. The number of allylic oxidation sites excluding steroid dienone is 2. The molecule has 2 aromatic carbocycles. The van der Waals surface area contributed by atoms with Crippen LogP contribution in [0, 0.1) is 11.6 Å². The molecular formula is C21H19F5O. The number of benzene rings is 2. The number of ether oxygens (including phenoxy) is 1. The highest BCUT2D eigenvalue weighted by Crippen LogP contribution is 2.36. The molecule has 0 N–H and O–H groups in total. The van der Waals surface area contributed by atoms with Gasteiger partial charge in [-0.15, -0.1) is 13.2 Å². The van der Waals surface area contributed by atoms with Crippen molar-refractivity contribution in [3.05, 3.63) is 70.3 Å². The molecule has 0 heterocycles. The van der Waals surface area contributed by atoms with Gasteiger partial charge in [-0.2, -0.15) is 0 Å². The molecule has 0 unspecified atom stereocenters. The molecule has 6 heteroatoms. The number of aryl methyl sites for hydroxylation is 1. The van der Waals surface area contributed by atoms with E-state index >= 15 is 0 Å². The van der Waals surface area contributed by atoms with Crippen molar-refractivity contribution in [2.75, 3.05) is 0 Å². The van der Waals surface area contributed by atoms with Crippen molar-refractivity contribution >= 4 is 5.57 Å². The average Bonchev–Trinajstić information content (AvgIpc) is 2.62. The first-order valence-electron chi connectivity index (χ1n) is 8.82. The molecule has 0 amide bonds. The normalized spacial score (nSPS) is 13.9. The van der Waals surface area contributed by atoms with Gasteiger partial charge in [-0.25, -0.2) is 8.78 Å². The summed E-state index contributed by atoms with van der Waals surface area (Å²) in [5.41, 5.74) is 3.44. The van der Waals surface area contributed by atoms with Gasteiger partial charge in [-0.3, -0.25) is 0 Å². The number of unbranched alkanes of at least 4 members (excludes halogenated alkanes) is 1. The van der Waals surface area contributed by atoms with Gasteiger partial charge in [0.2, 0.25) is 5.75 Å². The molecule has 0 radical (unpaired) electrons. The molecule has 27 heavy (non-hydrogen) atoms. The summed E-state index contributed by atoms with van der Waals surface area (Å²) in [7, 11) is 0. The van der Waals surface area contributed by atoms with E-state index in [0.29, 0.717) is 5.56 Å². The smallest absolute Gasteiger partial charge is 0.399 e. The van der Waals surface area contributed by atoms with Crippen LogP contribution in [-0.4, -0.2) is 6.36 Å². The predicted molar refractivity (Wildman–Crippen MR) is 93.5 cm³/mol. The molecule has 0 atom stereocenters. The number of fused-ring (bicyclic) bond motifs is 1. The van der Waals surface area contributed by atoms with Crippen LogP contribution in [-0.2, 0) is 19.3 Å². The van der Waals surface area contributed by atoms with Gasteiger partial charge in [0.15, 0.2) is 11.6 Å². The highest BCUT2D eigenvalue weighted by molar-refractivity contribution is 5.71. The van der Waals surface area contributed by atoms with E-state index in [1.807, 2.05) is 24.3 Å². The third-order valence-corrected chi connectivity index (χ3v) is 4.66. The van der Waals surface area contributed by atoms with Crippen molar-refractivity contribution < 1.29 is 26.7 Å². The van der Waals surface area contributed by atoms with Crippen molar-refractivity contribution in [1.29, 1.82) is 0 Å². The van der Waals surface area contributed by atoms with Gasteiger partial charge in [0.1, 0.15) is 0 Å². The van der Waals surface area contributed by atoms with Crippen LogP contribution in [0.2, 0.25) is 0 Å². The summed E-state index contributed by atoms with van der Waals surface area (Å²) in [6, 6.07) is 8.93. The number of halogens is 5. The monoisotopic (exact) mass is 382 g/mol. The van der Waals surface area contributed by atoms with Gasteiger partial charge < -0.3 is 4.74 Å². The van der Waals surface area contributed by atoms with Crippen molar-refractivity contribution in [3.63, 3.8) is 0 Å². The fourth-order valence-electron chi connectivity index (χ4n) is 3.27. The fourth-order valence-corrected chi connectivity index (χ4v) is 3.27. The summed E-state index contributed by atoms with van der Waals surface area (Å²) in [5.74, 6) is -4.02. The van der Waals surface area contributed by atoms with Crippen LogP contribution in [0.5, 0.6) is 5.75 Å². The lowest BCUT2D eigenvalue weighted by molar-refractivity contribution is -0.276. The standard InChI is InChI=1S/C21H19F5O/c1-2-3-4-13-5-7-14(8-6-13)15-9-10-17-16(11-15)12-18(22)20(19(17)23)27-21(24,25)26/h5-9,12H,2-4,10-11H2,1H3. The minimum atomic E-state index is -5.15. The van der Waals surface area contributed by atoms with Crippen LogP contribution in [0.1, 0.15) is 42.0 Å². The van der Waals surface area contributed by atoms with Gasteiger partial charge in [0.25, 0.3) is 0 Å². The largest absolute Gasteiger partial charge is 0.573 e. The predicted octanol–water partition coefficient (Wildman–Crippen LogP) is 6.39. The summed E-state index contributed by atoms with van der Waals surface area (Å²) in [4.78, 5) is 0. The molecule has 0 bridgehead atoms. The minimum Gasteiger partial charge on any atom is -0.399 e. The van der Waals surface area contributed by atoms with Crippen molar-refractivity contribution in [2.45, 2.75) is 45.4 Å². The van der Waals surface area contributed by atoms with Crippen molar-refractivity contribution in [3.8, 4) is 5.75 Å². The van der Waals surface area contributed by atoms with E-state index in [0.717, 1.165) is 36.5 Å². The van der Waals surface area contributed by atoms with Gasteiger partial charge in [0.05, 0.1) is 0 Å². The number of hydrogen-bond donors (Lipinski definition) is 0. The van der Waals surface area contributed by atoms with Gasteiger partial charge in [-0.05, 0) is 59.6 Å². The molecule has 0 aliphatic heterocycles. The molecule has 1 aliphatic carbocycles. The van der Waals surface area contributed by atoms with Gasteiger partial charge in [0, 0.05) is 0 Å². The quantitative estimate of drug-likeness (QED) is 0.545. The van der Waals surface area contributed by atoms with Crippen LogP contribution in [0.25, 0.3) is 5.57 Å². The third kappa shape index (κ3) is 4.49. The molecule has 0 saturated carbocycles. The third-order valence-electron chi connectivity index (χ3n) is 4.66. The summed E-state index contributed by atoms with van der Waals surface area (Å²) in [6.07, 6.45) is 0.174. The molecule has 0 fully saturated rings. The summed E-state index contributed by atoms with van der Waals surface area (Å²) >= 11 is 0. The molecule has 1 nitrogen and oxygen atoms in total. The van der Waals surface area contributed by atoms with Crippen molar-refractivity contribution in [2.24, 2.45) is 0 Å². The number of hydrogen-bond acceptors (Lipinski definition) is 1. The summed E-state index contributed by atoms with van der Waals surface area (Å²) < 4.78 is 68.9. The Morgan fingerprint density at radius 2 is 1.78 bits per heavy atom. The minimum absolute atomic E-state index is 0.0407. The second-order valence-corrected chi connectivity index (χ2v) is 6.60. The Hall–Kier alpha value is -2.37. The Bertz CT molecular complexity index is 850. The Morgan fingerprint density at radius 1 is 1.07 bits per heavy atom. The highest BCUT2D eigenvalue weighted by atomic mass is 19.4. The van der Waals surface area contributed by atoms with E-state index in [1.54, 1.807) is 6.08 Å². The van der Waals surface area contributed by atoms with Gasteiger partial charge in [-0.1, -0.05) is 43.7 Å². The topological polar surface area (TPSA) is 9.23 Å². The molecule has 144 valence electrons. The SMILES string of the molecule is CCCCc1ccc(C2=CCc3c(cc(F)c(OC(F)(F)F)c3F)C2)cc1. The van der Waals surface area contributed by atoms with E-state index in [1.165, 1.54) is 5.56 Å². The number of alkyl halides is 3. The Balaban J connectivity index is 1.84. The summed E-state index contributed by atoms with van der Waals surface area (Å²) in [5, 5.41) is 0. The summed E-state index contributed by atoms with van der Waals surface area (Å²) in [6.45, 7) is 2.13. The van der Waals surface area contributed by atoms with E-state index in [4.69, 9.17) is 0 Å². The van der Waals surface area contributed by atoms with E-state index in [2.05, 4.69) is 11.7 Å². The zero-order valence-corrected chi connectivity index (χ0v) is 14.8. The van der Waals surface area contributed by atoms with Crippen LogP contribution >= 0.6 is 0 Å². The second-order valence-electron chi connectivity index (χ2n) is 6.60. The first-order chi connectivity index (χ1) is 12.8. The number of rotatable bonds is 5. The van der Waals surface area contributed by atoms with E-state index < -0.39 is 23.7 Å². The van der Waals surface area contributed by atoms with E-state index in [9.17, 15) is 22.0 Å². The molecule has 1 aliphatic rings. The zero-order valence-electron chi connectivity index (χ0n) is 14.8. The maximum absolute atomic E-state index is 14.4. The van der Waals surface area contributed by atoms with Crippen molar-refractivity contribution in [1.82, 2.24) is 0 Å². The maximum atomic E-state index is 14.4. The van der Waals surface area contributed by atoms with Crippen LogP contribution in [0.15, 0.2) is 36.4 Å². The molecule has 0 aromatic heterocycles. The molecule has 0 spiro atoms. The Labute approximate surface area is 154 Å². The zero-order chi connectivity index (χ0) is 19.6. The first kappa shape index (κ1) is 19.4. The van der Waals surface area contributed by atoms with E-state index in [-0.39, 0.29) is 18.4 Å². The van der Waals surface area contributed by atoms with Crippen LogP contribution in [0.4, 0.5) is 22.0 Å². The fraction of sp³-hybridized carbons (Fsp3) is 0.333. The molecule has 3 rings (SSSR count). The second kappa shape index (κ2) is 7.71. The molecular weight excluding hydrogens is 363 g/mol. The first-order valence-corrected chi connectivity index (χ1v) is 8.82. The molecule has 0 saturated heterocycles. The van der Waals surface area contributed by atoms with Crippen LogP contribution in [0.3, 0.4) is 0 Å². The maximum Gasteiger partial charge on any atom is 0.573 e. The lowest BCUT2D eigenvalue weighted by Crippen LogP contribution is -2.20. The van der Waals surface area contributed by atoms with Gasteiger partial charge >= 0.3 is 6.36 Å². The van der Waals surface area contributed by atoms with Crippen LogP contribution < -0.4 is 4.74 Å². The lowest BCUT2D eigenvalue weighted by Gasteiger charge is -2.21.